The normalized spacial score (nSPS) is 11.1. The Bertz CT molecular complexity index is 1100. The summed E-state index contributed by atoms with van der Waals surface area (Å²) >= 11 is 3.41. The Balaban J connectivity index is 1.75. The zero-order valence-electron chi connectivity index (χ0n) is 13.4. The summed E-state index contributed by atoms with van der Waals surface area (Å²) in [6.07, 6.45) is 1.54. The number of aromatic nitrogens is 5. The summed E-state index contributed by atoms with van der Waals surface area (Å²) in [5.74, 6) is 0. The highest BCUT2D eigenvalue weighted by Gasteiger charge is 2.13. The molecule has 0 saturated carbocycles. The zero-order valence-corrected chi connectivity index (χ0v) is 15.0. The molecule has 2 aromatic carbocycles. The summed E-state index contributed by atoms with van der Waals surface area (Å²) in [7, 11) is 0. The van der Waals surface area contributed by atoms with E-state index < -0.39 is 0 Å². The predicted molar refractivity (Wildman–Crippen MR) is 98.9 cm³/mol. The highest BCUT2D eigenvalue weighted by atomic mass is 79.9. The minimum Gasteiger partial charge on any atom is -0.293 e. The second kappa shape index (κ2) is 6.25. The van der Waals surface area contributed by atoms with E-state index in [-0.39, 0.29) is 11.1 Å². The van der Waals surface area contributed by atoms with Crippen LogP contribution in [0.1, 0.15) is 11.1 Å². The van der Waals surface area contributed by atoms with Gasteiger partial charge in [0.2, 0.25) is 0 Å². The van der Waals surface area contributed by atoms with Gasteiger partial charge in [0.1, 0.15) is 6.33 Å². The van der Waals surface area contributed by atoms with Crippen molar-refractivity contribution in [3.8, 4) is 5.69 Å². The SMILES string of the molecule is Cc1ccc(-n2nnc3c(=O)n(Cc4ccc(Br)cc4)cnc32)cc1. The molecule has 4 aromatic rings. The first-order valence-corrected chi connectivity index (χ1v) is 8.53. The number of benzene rings is 2. The molecule has 0 aliphatic carbocycles. The number of fused-ring (bicyclic) bond motifs is 1. The maximum absolute atomic E-state index is 12.7. The van der Waals surface area contributed by atoms with Crippen molar-refractivity contribution in [2.24, 2.45) is 0 Å². The van der Waals surface area contributed by atoms with E-state index >= 15 is 0 Å². The third kappa shape index (κ3) is 2.98. The molecule has 0 saturated heterocycles. The van der Waals surface area contributed by atoms with Crippen molar-refractivity contribution in [1.29, 1.82) is 0 Å². The minimum absolute atomic E-state index is 0.203. The van der Waals surface area contributed by atoms with E-state index in [1.165, 1.54) is 0 Å². The van der Waals surface area contributed by atoms with Crippen molar-refractivity contribution in [2.75, 3.05) is 0 Å². The average molecular weight is 396 g/mol. The van der Waals surface area contributed by atoms with Crippen molar-refractivity contribution >= 4 is 27.1 Å². The highest BCUT2D eigenvalue weighted by molar-refractivity contribution is 9.10. The highest BCUT2D eigenvalue weighted by Crippen LogP contribution is 2.14. The van der Waals surface area contributed by atoms with E-state index in [4.69, 9.17) is 0 Å². The number of nitrogens with zero attached hydrogens (tertiary/aromatic N) is 5. The lowest BCUT2D eigenvalue weighted by Gasteiger charge is -2.06. The van der Waals surface area contributed by atoms with Gasteiger partial charge in [-0.3, -0.25) is 9.36 Å². The first-order chi connectivity index (χ1) is 12.1. The molecule has 0 spiro atoms. The molecule has 0 bridgehead atoms. The van der Waals surface area contributed by atoms with Crippen LogP contribution in [0.2, 0.25) is 0 Å². The van der Waals surface area contributed by atoms with Crippen molar-refractivity contribution in [2.45, 2.75) is 13.5 Å². The lowest BCUT2D eigenvalue weighted by Crippen LogP contribution is -2.21. The second-order valence-electron chi connectivity index (χ2n) is 5.81. The summed E-state index contributed by atoms with van der Waals surface area (Å²) in [6.45, 7) is 2.45. The number of halogens is 1. The second-order valence-corrected chi connectivity index (χ2v) is 6.73. The van der Waals surface area contributed by atoms with E-state index in [1.54, 1.807) is 15.6 Å². The van der Waals surface area contributed by atoms with Crippen LogP contribution in [-0.4, -0.2) is 24.5 Å². The smallest absolute Gasteiger partial charge is 0.283 e. The zero-order chi connectivity index (χ0) is 17.4. The molecule has 4 rings (SSSR count). The molecule has 7 heteroatoms. The summed E-state index contributed by atoms with van der Waals surface area (Å²) in [5, 5.41) is 8.14. The van der Waals surface area contributed by atoms with Gasteiger partial charge in [-0.15, -0.1) is 5.10 Å². The summed E-state index contributed by atoms with van der Waals surface area (Å²) < 4.78 is 4.12. The van der Waals surface area contributed by atoms with Gasteiger partial charge in [-0.1, -0.05) is 51.0 Å². The van der Waals surface area contributed by atoms with Crippen LogP contribution in [-0.2, 0) is 6.54 Å². The van der Waals surface area contributed by atoms with Gasteiger partial charge in [0.25, 0.3) is 5.56 Å². The van der Waals surface area contributed by atoms with Crippen molar-refractivity contribution in [3.05, 3.63) is 80.8 Å². The standard InChI is InChI=1S/C18H14BrN5O/c1-12-2-8-15(9-3-12)24-17-16(21-22-24)18(25)23(11-20-17)10-13-4-6-14(19)7-5-13/h2-9,11H,10H2,1H3. The Morgan fingerprint density at radius 2 is 1.76 bits per heavy atom. The van der Waals surface area contributed by atoms with Crippen molar-refractivity contribution in [1.82, 2.24) is 24.5 Å². The molecule has 25 heavy (non-hydrogen) atoms. The van der Waals surface area contributed by atoms with Crippen LogP contribution < -0.4 is 5.56 Å². The van der Waals surface area contributed by atoms with E-state index in [1.807, 2.05) is 55.5 Å². The third-order valence-electron chi connectivity index (χ3n) is 3.97. The van der Waals surface area contributed by atoms with Gasteiger partial charge in [0.15, 0.2) is 11.2 Å². The van der Waals surface area contributed by atoms with Gasteiger partial charge in [-0.2, -0.15) is 4.68 Å². The predicted octanol–water partition coefficient (Wildman–Crippen LogP) is 3.10. The molecule has 0 amide bonds. The molecule has 0 atom stereocenters. The summed E-state index contributed by atoms with van der Waals surface area (Å²) in [4.78, 5) is 17.1. The Hall–Kier alpha value is -2.80. The van der Waals surface area contributed by atoms with Crippen molar-refractivity contribution < 1.29 is 0 Å². The maximum Gasteiger partial charge on any atom is 0.283 e. The Morgan fingerprint density at radius 3 is 2.48 bits per heavy atom. The Morgan fingerprint density at radius 1 is 1.04 bits per heavy atom. The number of aryl methyl sites for hydroxylation is 1. The molecule has 124 valence electrons. The van der Waals surface area contributed by atoms with Crippen LogP contribution in [0.4, 0.5) is 0 Å². The monoisotopic (exact) mass is 395 g/mol. The van der Waals surface area contributed by atoms with Crippen molar-refractivity contribution in [3.63, 3.8) is 0 Å². The first kappa shape index (κ1) is 15.7. The van der Waals surface area contributed by atoms with Gasteiger partial charge in [-0.05, 0) is 36.8 Å². The van der Waals surface area contributed by atoms with Crippen LogP contribution in [0.25, 0.3) is 16.9 Å². The van der Waals surface area contributed by atoms with Gasteiger partial charge in [0, 0.05) is 4.47 Å². The first-order valence-electron chi connectivity index (χ1n) is 7.74. The third-order valence-corrected chi connectivity index (χ3v) is 4.50. The number of rotatable bonds is 3. The van der Waals surface area contributed by atoms with Gasteiger partial charge < -0.3 is 0 Å². The topological polar surface area (TPSA) is 65.6 Å². The molecule has 0 fully saturated rings. The molecular weight excluding hydrogens is 382 g/mol. The summed E-state index contributed by atoms with van der Waals surface area (Å²) in [6, 6.07) is 15.6. The lowest BCUT2D eigenvalue weighted by molar-refractivity contribution is 0.745. The Labute approximate surface area is 151 Å². The van der Waals surface area contributed by atoms with E-state index in [2.05, 4.69) is 31.2 Å². The van der Waals surface area contributed by atoms with Gasteiger partial charge >= 0.3 is 0 Å². The molecule has 2 aromatic heterocycles. The van der Waals surface area contributed by atoms with E-state index in [9.17, 15) is 4.79 Å². The number of hydrogen-bond donors (Lipinski definition) is 0. The molecule has 0 unspecified atom stereocenters. The van der Waals surface area contributed by atoms with Crippen LogP contribution >= 0.6 is 15.9 Å². The number of hydrogen-bond acceptors (Lipinski definition) is 4. The molecule has 6 nitrogen and oxygen atoms in total. The van der Waals surface area contributed by atoms with Gasteiger partial charge in [-0.25, -0.2) is 4.98 Å². The molecule has 0 radical (unpaired) electrons. The largest absolute Gasteiger partial charge is 0.293 e. The summed E-state index contributed by atoms with van der Waals surface area (Å²) in [5.41, 5.74) is 3.51. The minimum atomic E-state index is -0.203. The Kier molecular flexibility index (Phi) is 3.93. The molecule has 0 N–H and O–H groups in total. The molecular formula is C18H14BrN5O. The van der Waals surface area contributed by atoms with Crippen LogP contribution in [0.3, 0.4) is 0 Å². The quantitative estimate of drug-likeness (QED) is 0.534. The van der Waals surface area contributed by atoms with Crippen LogP contribution in [0.5, 0.6) is 0 Å². The maximum atomic E-state index is 12.7. The fourth-order valence-electron chi connectivity index (χ4n) is 2.60. The molecule has 2 heterocycles. The lowest BCUT2D eigenvalue weighted by atomic mass is 10.2. The van der Waals surface area contributed by atoms with Crippen LogP contribution in [0, 0.1) is 6.92 Å². The molecule has 0 aliphatic heterocycles. The van der Waals surface area contributed by atoms with Gasteiger partial charge in [0.05, 0.1) is 12.2 Å². The fraction of sp³-hybridized carbons (Fsp3) is 0.111. The van der Waals surface area contributed by atoms with E-state index in [0.717, 1.165) is 21.3 Å². The molecule has 0 aliphatic rings. The fourth-order valence-corrected chi connectivity index (χ4v) is 2.87. The van der Waals surface area contributed by atoms with E-state index in [0.29, 0.717) is 12.2 Å². The van der Waals surface area contributed by atoms with Crippen LogP contribution in [0.15, 0.2) is 64.1 Å². The average Bonchev–Trinajstić information content (AvgIpc) is 3.05.